The number of benzene rings is 1. The van der Waals surface area contributed by atoms with Crippen molar-refractivity contribution >= 4 is 21.8 Å². The van der Waals surface area contributed by atoms with Crippen LogP contribution in [0.15, 0.2) is 28.7 Å². The molecule has 1 fully saturated rings. The topological polar surface area (TPSA) is 35.6 Å². The van der Waals surface area contributed by atoms with Gasteiger partial charge in [-0.05, 0) is 37.7 Å². The number of nitrogens with one attached hydrogen (secondary N) is 1. The Hall–Kier alpha value is -0.910. The van der Waals surface area contributed by atoms with Crippen LogP contribution in [0, 0.1) is 0 Å². The van der Waals surface area contributed by atoms with E-state index < -0.39 is 0 Å². The number of piperazine rings is 1. The molecule has 2 rings (SSSR count). The molecule has 21 heavy (non-hydrogen) atoms. The second-order valence-corrected chi connectivity index (χ2v) is 6.57. The number of hydrogen-bond acceptors (Lipinski definition) is 3. The standard InChI is InChI=1S/C16H24BrN3O/c1-19-9-11-20(12-10-19)8-2-7-18-16(21)13-14-3-5-15(17)6-4-14/h3-6H,2,7-13H2,1H3,(H,18,21). The highest BCUT2D eigenvalue weighted by Gasteiger charge is 2.12. The van der Waals surface area contributed by atoms with Gasteiger partial charge in [0.05, 0.1) is 6.42 Å². The van der Waals surface area contributed by atoms with Crippen LogP contribution in [0.5, 0.6) is 0 Å². The average molecular weight is 354 g/mol. The van der Waals surface area contributed by atoms with E-state index in [1.165, 1.54) is 0 Å². The molecule has 1 saturated heterocycles. The minimum Gasteiger partial charge on any atom is -0.356 e. The van der Waals surface area contributed by atoms with Gasteiger partial charge >= 0.3 is 0 Å². The van der Waals surface area contributed by atoms with Crippen molar-refractivity contribution in [3.05, 3.63) is 34.3 Å². The number of hydrogen-bond donors (Lipinski definition) is 1. The van der Waals surface area contributed by atoms with Gasteiger partial charge in [-0.15, -0.1) is 0 Å². The van der Waals surface area contributed by atoms with Crippen molar-refractivity contribution in [2.45, 2.75) is 12.8 Å². The molecule has 0 saturated carbocycles. The molecular formula is C16H24BrN3O. The molecule has 0 atom stereocenters. The fourth-order valence-corrected chi connectivity index (χ4v) is 2.72. The smallest absolute Gasteiger partial charge is 0.224 e. The molecule has 1 aromatic rings. The van der Waals surface area contributed by atoms with E-state index >= 15 is 0 Å². The van der Waals surface area contributed by atoms with Crippen molar-refractivity contribution in [2.75, 3.05) is 46.3 Å². The molecule has 0 aromatic heterocycles. The van der Waals surface area contributed by atoms with Crippen LogP contribution in [0.2, 0.25) is 0 Å². The Labute approximate surface area is 135 Å². The van der Waals surface area contributed by atoms with Gasteiger partial charge in [0, 0.05) is 37.2 Å². The number of likely N-dealkylation sites (N-methyl/N-ethyl adjacent to an activating group) is 1. The number of nitrogens with zero attached hydrogens (tertiary/aromatic N) is 2. The number of carbonyl (C=O) groups is 1. The summed E-state index contributed by atoms with van der Waals surface area (Å²) in [5.41, 5.74) is 1.05. The summed E-state index contributed by atoms with van der Waals surface area (Å²) < 4.78 is 1.04. The van der Waals surface area contributed by atoms with E-state index in [-0.39, 0.29) is 5.91 Å². The predicted octanol–water partition coefficient (Wildman–Crippen LogP) is 1.75. The number of amides is 1. The van der Waals surface area contributed by atoms with Gasteiger partial charge in [-0.25, -0.2) is 0 Å². The molecule has 0 unspecified atom stereocenters. The van der Waals surface area contributed by atoms with Crippen molar-refractivity contribution in [1.82, 2.24) is 15.1 Å². The zero-order valence-electron chi connectivity index (χ0n) is 12.6. The van der Waals surface area contributed by atoms with Crippen LogP contribution in [0.4, 0.5) is 0 Å². The SMILES string of the molecule is CN1CCN(CCCNC(=O)Cc2ccc(Br)cc2)CC1. The molecule has 1 N–H and O–H groups in total. The largest absolute Gasteiger partial charge is 0.356 e. The van der Waals surface area contributed by atoms with Gasteiger partial charge in [0.1, 0.15) is 0 Å². The zero-order chi connectivity index (χ0) is 15.1. The summed E-state index contributed by atoms with van der Waals surface area (Å²) in [6.45, 7) is 6.42. The highest BCUT2D eigenvalue weighted by molar-refractivity contribution is 9.10. The molecule has 4 nitrogen and oxygen atoms in total. The van der Waals surface area contributed by atoms with Crippen molar-refractivity contribution in [2.24, 2.45) is 0 Å². The van der Waals surface area contributed by atoms with Gasteiger partial charge in [-0.2, -0.15) is 0 Å². The molecule has 1 aliphatic heterocycles. The summed E-state index contributed by atoms with van der Waals surface area (Å²) in [5.74, 6) is 0.107. The van der Waals surface area contributed by atoms with Gasteiger partial charge in [0.25, 0.3) is 0 Å². The van der Waals surface area contributed by atoms with Crippen LogP contribution >= 0.6 is 15.9 Å². The maximum atomic E-state index is 11.8. The van der Waals surface area contributed by atoms with Crippen LogP contribution < -0.4 is 5.32 Å². The predicted molar refractivity (Wildman–Crippen MR) is 89.4 cm³/mol. The molecule has 1 aliphatic rings. The fraction of sp³-hybridized carbons (Fsp3) is 0.562. The minimum atomic E-state index is 0.107. The first kappa shape index (κ1) is 16.5. The Kier molecular flexibility index (Phi) is 6.67. The minimum absolute atomic E-state index is 0.107. The van der Waals surface area contributed by atoms with Gasteiger partial charge < -0.3 is 15.1 Å². The normalized spacial score (nSPS) is 16.9. The Morgan fingerprint density at radius 3 is 2.52 bits per heavy atom. The van der Waals surface area contributed by atoms with Crippen molar-refractivity contribution in [1.29, 1.82) is 0 Å². The van der Waals surface area contributed by atoms with E-state index in [9.17, 15) is 4.79 Å². The fourth-order valence-electron chi connectivity index (χ4n) is 2.45. The van der Waals surface area contributed by atoms with Crippen LogP contribution in [-0.4, -0.2) is 62.0 Å². The summed E-state index contributed by atoms with van der Waals surface area (Å²) in [7, 11) is 2.17. The van der Waals surface area contributed by atoms with Crippen molar-refractivity contribution in [3.63, 3.8) is 0 Å². The number of rotatable bonds is 6. The molecule has 0 aliphatic carbocycles. The van der Waals surface area contributed by atoms with E-state index in [0.717, 1.165) is 55.7 Å². The first-order chi connectivity index (χ1) is 10.1. The van der Waals surface area contributed by atoms with Gasteiger partial charge in [0.15, 0.2) is 0 Å². The molecule has 1 heterocycles. The summed E-state index contributed by atoms with van der Waals surface area (Å²) >= 11 is 3.40. The van der Waals surface area contributed by atoms with Crippen LogP contribution in [0.25, 0.3) is 0 Å². The number of halogens is 1. The molecule has 0 bridgehead atoms. The lowest BCUT2D eigenvalue weighted by atomic mass is 10.1. The lowest BCUT2D eigenvalue weighted by Crippen LogP contribution is -2.45. The lowest BCUT2D eigenvalue weighted by molar-refractivity contribution is -0.120. The van der Waals surface area contributed by atoms with E-state index in [0.29, 0.717) is 6.42 Å². The Bertz CT molecular complexity index is 441. The maximum Gasteiger partial charge on any atom is 0.224 e. The van der Waals surface area contributed by atoms with E-state index in [2.05, 4.69) is 38.1 Å². The van der Waals surface area contributed by atoms with E-state index in [1.807, 2.05) is 24.3 Å². The molecule has 116 valence electrons. The molecular weight excluding hydrogens is 330 g/mol. The highest BCUT2D eigenvalue weighted by Crippen LogP contribution is 2.10. The summed E-state index contributed by atoms with van der Waals surface area (Å²) in [5, 5.41) is 3.01. The molecule has 5 heteroatoms. The molecule has 1 amide bonds. The van der Waals surface area contributed by atoms with Crippen LogP contribution in [0.1, 0.15) is 12.0 Å². The van der Waals surface area contributed by atoms with E-state index in [4.69, 9.17) is 0 Å². The number of carbonyl (C=O) groups excluding carboxylic acids is 1. The second-order valence-electron chi connectivity index (χ2n) is 5.65. The zero-order valence-corrected chi connectivity index (χ0v) is 14.2. The second kappa shape index (κ2) is 8.51. The quantitative estimate of drug-likeness (QED) is 0.791. The monoisotopic (exact) mass is 353 g/mol. The van der Waals surface area contributed by atoms with Gasteiger partial charge in [-0.3, -0.25) is 4.79 Å². The Morgan fingerprint density at radius 1 is 1.19 bits per heavy atom. The first-order valence-electron chi connectivity index (χ1n) is 7.55. The third-order valence-corrected chi connectivity index (χ3v) is 4.38. The summed E-state index contributed by atoms with van der Waals surface area (Å²) in [6.07, 6.45) is 1.48. The van der Waals surface area contributed by atoms with E-state index in [1.54, 1.807) is 0 Å². The summed E-state index contributed by atoms with van der Waals surface area (Å²) in [4.78, 5) is 16.7. The van der Waals surface area contributed by atoms with Gasteiger partial charge in [0.2, 0.25) is 5.91 Å². The van der Waals surface area contributed by atoms with Crippen molar-refractivity contribution < 1.29 is 4.79 Å². The molecule has 1 aromatic carbocycles. The third kappa shape index (κ3) is 6.16. The summed E-state index contributed by atoms with van der Waals surface area (Å²) in [6, 6.07) is 7.90. The highest BCUT2D eigenvalue weighted by atomic mass is 79.9. The first-order valence-corrected chi connectivity index (χ1v) is 8.35. The molecule has 0 spiro atoms. The Balaban J connectivity index is 1.58. The Morgan fingerprint density at radius 2 is 1.86 bits per heavy atom. The average Bonchev–Trinajstić information content (AvgIpc) is 2.48. The van der Waals surface area contributed by atoms with Crippen LogP contribution in [0.3, 0.4) is 0 Å². The van der Waals surface area contributed by atoms with Crippen molar-refractivity contribution in [3.8, 4) is 0 Å². The molecule has 0 radical (unpaired) electrons. The third-order valence-electron chi connectivity index (χ3n) is 3.85. The maximum absolute atomic E-state index is 11.8. The van der Waals surface area contributed by atoms with Crippen LogP contribution in [-0.2, 0) is 11.2 Å². The lowest BCUT2D eigenvalue weighted by Gasteiger charge is -2.32. The van der Waals surface area contributed by atoms with Gasteiger partial charge in [-0.1, -0.05) is 28.1 Å².